The number of nitrogens with one attached hydrogen (secondary N) is 2. The van der Waals surface area contributed by atoms with Crippen LogP contribution in [0.1, 0.15) is 44.1 Å². The number of hydrogen-bond donors (Lipinski definition) is 2. The average Bonchev–Trinajstić information content (AvgIpc) is 3.41. The minimum Gasteiger partial charge on any atom is -0.325 e. The van der Waals surface area contributed by atoms with Gasteiger partial charge in [-0.3, -0.25) is 14.5 Å². The molecule has 30 heavy (non-hydrogen) atoms. The van der Waals surface area contributed by atoms with E-state index >= 15 is 0 Å². The van der Waals surface area contributed by atoms with Gasteiger partial charge in [0, 0.05) is 18.7 Å². The van der Waals surface area contributed by atoms with E-state index in [9.17, 15) is 17.6 Å². The van der Waals surface area contributed by atoms with Crippen LogP contribution in [0.15, 0.2) is 58.4 Å². The number of halogens is 1. The molecule has 1 aliphatic heterocycles. The fourth-order valence-corrected chi connectivity index (χ4v) is 5.36. The normalized spacial score (nSPS) is 18.1. The quantitative estimate of drug-likeness (QED) is 0.759. The molecule has 4 rings (SSSR count). The van der Waals surface area contributed by atoms with Gasteiger partial charge in [0.2, 0.25) is 5.91 Å². The van der Waals surface area contributed by atoms with Gasteiger partial charge in [-0.05, 0) is 55.2 Å². The van der Waals surface area contributed by atoms with Gasteiger partial charge in [-0.1, -0.05) is 31.0 Å². The van der Waals surface area contributed by atoms with Crippen molar-refractivity contribution in [1.29, 1.82) is 0 Å². The smallest absolute Gasteiger partial charge is 0.262 e. The van der Waals surface area contributed by atoms with Crippen LogP contribution in [0.25, 0.3) is 0 Å². The van der Waals surface area contributed by atoms with E-state index in [0.717, 1.165) is 24.8 Å². The van der Waals surface area contributed by atoms with Crippen molar-refractivity contribution < 1.29 is 17.6 Å². The molecule has 0 unspecified atom stereocenters. The Morgan fingerprint density at radius 3 is 2.43 bits per heavy atom. The minimum atomic E-state index is -3.77. The summed E-state index contributed by atoms with van der Waals surface area (Å²) in [7, 11) is -3.77. The van der Waals surface area contributed by atoms with Gasteiger partial charge < -0.3 is 5.32 Å². The molecule has 1 saturated carbocycles. The number of carbonyl (C=O) groups is 1. The monoisotopic (exact) mass is 429 g/mol. The number of carbonyl (C=O) groups excluding carboxylic acids is 1. The van der Waals surface area contributed by atoms with Crippen LogP contribution in [-0.2, 0) is 20.2 Å². The van der Waals surface area contributed by atoms with Crippen LogP contribution in [0.2, 0.25) is 0 Å². The summed E-state index contributed by atoms with van der Waals surface area (Å²) >= 11 is 0. The Labute approximate surface area is 175 Å². The zero-order valence-electron chi connectivity index (χ0n) is 16.5. The van der Waals surface area contributed by atoms with E-state index in [-0.39, 0.29) is 16.6 Å². The highest BCUT2D eigenvalue weighted by atomic mass is 32.2. The zero-order chi connectivity index (χ0) is 21.2. The first-order valence-electron chi connectivity index (χ1n) is 10.1. The highest BCUT2D eigenvalue weighted by Gasteiger charge is 2.42. The lowest BCUT2D eigenvalue weighted by molar-refractivity contribution is -0.121. The maximum Gasteiger partial charge on any atom is 0.262 e. The summed E-state index contributed by atoms with van der Waals surface area (Å²) in [6.45, 7) is 0.624. The average molecular weight is 430 g/mol. The summed E-state index contributed by atoms with van der Waals surface area (Å²) in [4.78, 5) is 17.5. The van der Waals surface area contributed by atoms with Crippen molar-refractivity contribution in [3.63, 3.8) is 0 Å². The van der Waals surface area contributed by atoms with Crippen molar-refractivity contribution in [2.45, 2.75) is 48.8 Å². The molecular weight excluding hydrogens is 405 g/mol. The molecule has 1 aliphatic carbocycles. The van der Waals surface area contributed by atoms with Crippen LogP contribution in [-0.4, -0.2) is 26.7 Å². The molecule has 0 aromatic heterocycles. The molecule has 0 radical (unpaired) electrons. The van der Waals surface area contributed by atoms with Crippen molar-refractivity contribution in [2.75, 3.05) is 11.9 Å². The van der Waals surface area contributed by atoms with Crippen LogP contribution >= 0.6 is 0 Å². The Bertz CT molecular complexity index is 1080. The fraction of sp³-hybridized carbons (Fsp3) is 0.364. The van der Waals surface area contributed by atoms with E-state index in [0.29, 0.717) is 37.3 Å². The molecule has 6 nitrogen and oxygen atoms in total. The number of hydrogen-bond acceptors (Lipinski definition) is 4. The standard InChI is InChI=1S/C22H24FN3O3S/c23-17-10-8-16(9-11-17)22(12-1-2-13-22)21(27)25-18-5-3-6-19(15-18)30(28,29)26-20-7-4-14-24-20/h3,5-6,8-11,15H,1-2,4,7,12-14H2,(H,24,26)(H,25,27). The second-order valence-electron chi connectivity index (χ2n) is 7.82. The predicted molar refractivity (Wildman–Crippen MR) is 113 cm³/mol. The van der Waals surface area contributed by atoms with Crippen molar-refractivity contribution >= 4 is 27.5 Å². The molecule has 0 spiro atoms. The first-order valence-corrected chi connectivity index (χ1v) is 11.6. The summed E-state index contributed by atoms with van der Waals surface area (Å²) in [5.74, 6) is -0.0791. The van der Waals surface area contributed by atoms with E-state index in [1.807, 2.05) is 0 Å². The SMILES string of the molecule is O=C(Nc1cccc(S(=O)(=O)NC2=NCCC2)c1)C1(c2ccc(F)cc2)CCCC1. The molecular formula is C22H24FN3O3S. The summed E-state index contributed by atoms with van der Waals surface area (Å²) in [6.07, 6.45) is 4.60. The lowest BCUT2D eigenvalue weighted by Crippen LogP contribution is -2.38. The summed E-state index contributed by atoms with van der Waals surface area (Å²) < 4.78 is 41.2. The molecule has 1 heterocycles. The topological polar surface area (TPSA) is 87.6 Å². The number of amides is 1. The first kappa shape index (κ1) is 20.5. The van der Waals surface area contributed by atoms with E-state index < -0.39 is 15.4 Å². The van der Waals surface area contributed by atoms with Gasteiger partial charge in [-0.2, -0.15) is 0 Å². The molecule has 0 bridgehead atoms. The lowest BCUT2D eigenvalue weighted by atomic mass is 9.78. The summed E-state index contributed by atoms with van der Waals surface area (Å²) in [5.41, 5.74) is 0.451. The first-order chi connectivity index (χ1) is 14.4. The molecule has 158 valence electrons. The lowest BCUT2D eigenvalue weighted by Gasteiger charge is -2.28. The predicted octanol–water partition coefficient (Wildman–Crippen LogP) is 3.75. The Kier molecular flexibility index (Phi) is 5.60. The number of aliphatic imine (C=N–C) groups is 1. The van der Waals surface area contributed by atoms with E-state index in [4.69, 9.17) is 0 Å². The molecule has 8 heteroatoms. The van der Waals surface area contributed by atoms with E-state index in [1.165, 1.54) is 24.3 Å². The third-order valence-corrected chi connectivity index (χ3v) is 7.20. The van der Waals surface area contributed by atoms with Crippen LogP contribution in [0.3, 0.4) is 0 Å². The van der Waals surface area contributed by atoms with Crippen molar-refractivity contribution in [2.24, 2.45) is 4.99 Å². The summed E-state index contributed by atoms with van der Waals surface area (Å²) in [5, 5.41) is 2.89. The van der Waals surface area contributed by atoms with Crippen LogP contribution in [0.4, 0.5) is 10.1 Å². The molecule has 1 fully saturated rings. The summed E-state index contributed by atoms with van der Waals surface area (Å²) in [6, 6.07) is 12.3. The van der Waals surface area contributed by atoms with Crippen LogP contribution < -0.4 is 10.0 Å². The van der Waals surface area contributed by atoms with Crippen LogP contribution in [0, 0.1) is 5.82 Å². The van der Waals surface area contributed by atoms with Crippen molar-refractivity contribution in [3.8, 4) is 0 Å². The largest absolute Gasteiger partial charge is 0.325 e. The number of nitrogens with zero attached hydrogens (tertiary/aromatic N) is 1. The molecule has 2 aliphatic rings. The number of sulfonamides is 1. The molecule has 2 aromatic rings. The molecule has 1 amide bonds. The maximum absolute atomic E-state index is 13.4. The second-order valence-corrected chi connectivity index (χ2v) is 9.50. The Morgan fingerprint density at radius 1 is 1.03 bits per heavy atom. The molecule has 0 atom stereocenters. The van der Waals surface area contributed by atoms with Crippen molar-refractivity contribution in [3.05, 3.63) is 59.9 Å². The van der Waals surface area contributed by atoms with E-state index in [2.05, 4.69) is 15.0 Å². The molecule has 2 N–H and O–H groups in total. The zero-order valence-corrected chi connectivity index (χ0v) is 17.3. The fourth-order valence-electron chi connectivity index (χ4n) is 4.22. The third-order valence-electron chi connectivity index (χ3n) is 5.82. The Morgan fingerprint density at radius 2 is 1.77 bits per heavy atom. The Hall–Kier alpha value is -2.74. The van der Waals surface area contributed by atoms with Gasteiger partial charge >= 0.3 is 0 Å². The number of amidine groups is 1. The van der Waals surface area contributed by atoms with Crippen molar-refractivity contribution in [1.82, 2.24) is 4.72 Å². The van der Waals surface area contributed by atoms with Gasteiger partial charge in [-0.25, -0.2) is 12.8 Å². The number of benzene rings is 2. The second kappa shape index (κ2) is 8.18. The van der Waals surface area contributed by atoms with E-state index in [1.54, 1.807) is 24.3 Å². The number of anilines is 1. The maximum atomic E-state index is 13.4. The third kappa shape index (κ3) is 4.09. The van der Waals surface area contributed by atoms with Gasteiger partial charge in [0.15, 0.2) is 0 Å². The molecule has 0 saturated heterocycles. The highest BCUT2D eigenvalue weighted by molar-refractivity contribution is 7.90. The Balaban J connectivity index is 1.57. The van der Waals surface area contributed by atoms with Gasteiger partial charge in [0.1, 0.15) is 11.7 Å². The van der Waals surface area contributed by atoms with Crippen LogP contribution in [0.5, 0.6) is 0 Å². The van der Waals surface area contributed by atoms with Gasteiger partial charge in [0.25, 0.3) is 10.0 Å². The van der Waals surface area contributed by atoms with Gasteiger partial charge in [-0.15, -0.1) is 0 Å². The number of rotatable bonds is 5. The minimum absolute atomic E-state index is 0.0668. The highest BCUT2D eigenvalue weighted by Crippen LogP contribution is 2.42. The van der Waals surface area contributed by atoms with Gasteiger partial charge in [0.05, 0.1) is 10.3 Å². The molecule has 2 aromatic carbocycles.